The van der Waals surface area contributed by atoms with Crippen LogP contribution in [0.5, 0.6) is 0 Å². The number of hydrogen-bond donors (Lipinski definition) is 1. The van der Waals surface area contributed by atoms with Crippen LogP contribution in [0.4, 0.5) is 0 Å². The van der Waals surface area contributed by atoms with Crippen molar-refractivity contribution in [2.24, 2.45) is 0 Å². The van der Waals surface area contributed by atoms with Crippen LogP contribution in [0.1, 0.15) is 28.4 Å². The highest BCUT2D eigenvalue weighted by molar-refractivity contribution is 7.89. The predicted octanol–water partition coefficient (Wildman–Crippen LogP) is 1.68. The molecule has 1 aromatic carbocycles. The van der Waals surface area contributed by atoms with E-state index in [-0.39, 0.29) is 5.92 Å². The van der Waals surface area contributed by atoms with Gasteiger partial charge in [-0.3, -0.25) is 4.68 Å². The average molecular weight is 362 g/mol. The molecule has 0 saturated heterocycles. The van der Waals surface area contributed by atoms with Gasteiger partial charge < -0.3 is 4.90 Å². The van der Waals surface area contributed by atoms with Gasteiger partial charge in [-0.25, -0.2) is 13.1 Å². The molecule has 1 atom stereocenters. The normalized spacial score (nSPS) is 16.8. The molecule has 0 spiro atoms. The zero-order valence-electron chi connectivity index (χ0n) is 15.3. The lowest BCUT2D eigenvalue weighted by Crippen LogP contribution is -2.33. The Labute approximate surface area is 149 Å². The van der Waals surface area contributed by atoms with Crippen molar-refractivity contribution in [1.82, 2.24) is 19.4 Å². The van der Waals surface area contributed by atoms with Gasteiger partial charge in [0.1, 0.15) is 4.90 Å². The van der Waals surface area contributed by atoms with Crippen molar-refractivity contribution in [3.63, 3.8) is 0 Å². The summed E-state index contributed by atoms with van der Waals surface area (Å²) in [5.74, 6) is 0.260. The number of fused-ring (bicyclic) bond motifs is 1. The highest BCUT2D eigenvalue weighted by Crippen LogP contribution is 2.34. The van der Waals surface area contributed by atoms with E-state index in [9.17, 15) is 8.42 Å². The molecule has 1 aromatic heterocycles. The molecule has 2 aromatic rings. The van der Waals surface area contributed by atoms with Crippen LogP contribution in [0, 0.1) is 13.8 Å². The number of nitrogens with zero attached hydrogens (tertiary/aromatic N) is 3. The molecule has 1 unspecified atom stereocenters. The molecule has 6 nitrogen and oxygen atoms in total. The van der Waals surface area contributed by atoms with Gasteiger partial charge >= 0.3 is 0 Å². The van der Waals surface area contributed by atoms with Crippen molar-refractivity contribution < 1.29 is 8.42 Å². The number of benzene rings is 1. The van der Waals surface area contributed by atoms with Gasteiger partial charge in [0.25, 0.3) is 0 Å². The largest absolute Gasteiger partial charge is 0.308 e. The molecule has 1 aliphatic carbocycles. The Balaban J connectivity index is 1.72. The van der Waals surface area contributed by atoms with Crippen LogP contribution < -0.4 is 4.72 Å². The third kappa shape index (κ3) is 3.63. The summed E-state index contributed by atoms with van der Waals surface area (Å²) in [6.07, 6.45) is 0.929. The van der Waals surface area contributed by atoms with E-state index < -0.39 is 10.0 Å². The second-order valence-corrected chi connectivity index (χ2v) is 8.68. The Morgan fingerprint density at radius 1 is 1.28 bits per heavy atom. The molecule has 0 fully saturated rings. The summed E-state index contributed by atoms with van der Waals surface area (Å²) in [4.78, 5) is 2.37. The van der Waals surface area contributed by atoms with Crippen molar-refractivity contribution >= 4 is 10.0 Å². The van der Waals surface area contributed by atoms with E-state index in [1.165, 1.54) is 11.1 Å². The van der Waals surface area contributed by atoms with Gasteiger partial charge in [0.15, 0.2) is 0 Å². The fraction of sp³-hybridized carbons (Fsp3) is 0.500. The van der Waals surface area contributed by atoms with Crippen LogP contribution >= 0.6 is 0 Å². The van der Waals surface area contributed by atoms with Crippen molar-refractivity contribution in [3.05, 3.63) is 46.8 Å². The first kappa shape index (κ1) is 18.1. The van der Waals surface area contributed by atoms with Gasteiger partial charge in [0, 0.05) is 19.0 Å². The highest BCUT2D eigenvalue weighted by atomic mass is 32.2. The van der Waals surface area contributed by atoms with Gasteiger partial charge in [0.2, 0.25) is 10.0 Å². The zero-order chi connectivity index (χ0) is 18.2. The summed E-state index contributed by atoms with van der Waals surface area (Å²) in [6, 6.07) is 8.20. The second-order valence-electron chi connectivity index (χ2n) is 6.98. The predicted molar refractivity (Wildman–Crippen MR) is 98.3 cm³/mol. The van der Waals surface area contributed by atoms with Gasteiger partial charge in [-0.2, -0.15) is 5.10 Å². The van der Waals surface area contributed by atoms with E-state index in [1.54, 1.807) is 11.6 Å². The number of aromatic nitrogens is 2. The van der Waals surface area contributed by atoms with Crippen LogP contribution in [0.25, 0.3) is 0 Å². The Hall–Kier alpha value is -1.70. The molecule has 0 bridgehead atoms. The van der Waals surface area contributed by atoms with E-state index in [1.807, 2.05) is 33.2 Å². The molecule has 1 heterocycles. The van der Waals surface area contributed by atoms with Crippen molar-refractivity contribution in [1.29, 1.82) is 0 Å². The van der Waals surface area contributed by atoms with E-state index in [4.69, 9.17) is 0 Å². The third-order valence-corrected chi connectivity index (χ3v) is 6.50. The summed E-state index contributed by atoms with van der Waals surface area (Å²) < 4.78 is 30.2. The number of rotatable bonds is 7. The molecule has 0 radical (unpaired) electrons. The lowest BCUT2D eigenvalue weighted by Gasteiger charge is -2.30. The first-order valence-corrected chi connectivity index (χ1v) is 10.0. The molecule has 3 rings (SSSR count). The molecule has 1 aliphatic rings. The minimum atomic E-state index is -3.56. The number of likely N-dealkylation sites (N-methyl/N-ethyl adjacent to an activating group) is 1. The Morgan fingerprint density at radius 2 is 2.00 bits per heavy atom. The highest BCUT2D eigenvalue weighted by Gasteiger charge is 2.29. The van der Waals surface area contributed by atoms with Crippen LogP contribution in [-0.4, -0.2) is 50.3 Å². The minimum Gasteiger partial charge on any atom is -0.308 e. The van der Waals surface area contributed by atoms with E-state index in [2.05, 4.69) is 26.9 Å². The Kier molecular flexibility index (Phi) is 4.99. The molecule has 136 valence electrons. The number of nitrogens with one attached hydrogen (secondary N) is 1. The molecular formula is C18H26N4O2S. The molecule has 0 aliphatic heterocycles. The maximum Gasteiger partial charge on any atom is 0.244 e. The Bertz CT molecular complexity index is 871. The van der Waals surface area contributed by atoms with E-state index >= 15 is 0 Å². The average Bonchev–Trinajstić information content (AvgIpc) is 2.80. The summed E-state index contributed by atoms with van der Waals surface area (Å²) in [6.45, 7) is 5.50. The Morgan fingerprint density at radius 3 is 2.68 bits per heavy atom. The lowest BCUT2D eigenvalue weighted by atomic mass is 9.78. The van der Waals surface area contributed by atoms with Gasteiger partial charge in [-0.15, -0.1) is 0 Å². The van der Waals surface area contributed by atoms with E-state index in [0.717, 1.165) is 13.0 Å². The van der Waals surface area contributed by atoms with Crippen molar-refractivity contribution in [2.75, 3.05) is 27.2 Å². The summed E-state index contributed by atoms with van der Waals surface area (Å²) in [5, 5.41) is 4.42. The lowest BCUT2D eigenvalue weighted by molar-refractivity contribution is 0.370. The number of sulfonamides is 1. The maximum atomic E-state index is 12.8. The fourth-order valence-corrected chi connectivity index (χ4v) is 4.90. The maximum absolute atomic E-state index is 12.8. The SMILES string of the molecule is Cc1nn(CCN(C)C)c(C)c1S(=O)(=O)NCC1Cc2ccccc21. The zero-order valence-corrected chi connectivity index (χ0v) is 16.1. The van der Waals surface area contributed by atoms with Crippen LogP contribution in [0.2, 0.25) is 0 Å². The van der Waals surface area contributed by atoms with Gasteiger partial charge in [-0.05, 0) is 45.5 Å². The first-order valence-electron chi connectivity index (χ1n) is 8.56. The van der Waals surface area contributed by atoms with Crippen LogP contribution in [0.15, 0.2) is 29.2 Å². The monoisotopic (exact) mass is 362 g/mol. The molecule has 0 saturated carbocycles. The van der Waals surface area contributed by atoms with Crippen molar-refractivity contribution in [3.8, 4) is 0 Å². The van der Waals surface area contributed by atoms with E-state index in [0.29, 0.717) is 29.4 Å². The fourth-order valence-electron chi connectivity index (χ4n) is 3.41. The second kappa shape index (κ2) is 6.90. The molecule has 0 amide bonds. The number of hydrogen-bond acceptors (Lipinski definition) is 4. The standard InChI is InChI=1S/C18H26N4O2S/c1-13-18(14(2)22(20-13)10-9-21(3)4)25(23,24)19-12-16-11-15-7-5-6-8-17(15)16/h5-8,16,19H,9-12H2,1-4H3. The molecule has 1 N–H and O–H groups in total. The summed E-state index contributed by atoms with van der Waals surface area (Å²) in [7, 11) is 0.415. The minimum absolute atomic E-state index is 0.260. The smallest absolute Gasteiger partial charge is 0.244 e. The van der Waals surface area contributed by atoms with Crippen LogP contribution in [0.3, 0.4) is 0 Å². The van der Waals surface area contributed by atoms with Gasteiger partial charge in [0.05, 0.1) is 17.9 Å². The van der Waals surface area contributed by atoms with Crippen LogP contribution in [-0.2, 0) is 23.0 Å². The number of aryl methyl sites for hydroxylation is 1. The summed E-state index contributed by atoms with van der Waals surface area (Å²) in [5.41, 5.74) is 3.81. The van der Waals surface area contributed by atoms with Gasteiger partial charge in [-0.1, -0.05) is 24.3 Å². The quantitative estimate of drug-likeness (QED) is 0.814. The third-order valence-electron chi connectivity index (χ3n) is 4.82. The first-order chi connectivity index (χ1) is 11.8. The van der Waals surface area contributed by atoms with Crippen molar-refractivity contribution in [2.45, 2.75) is 37.6 Å². The molecule has 7 heteroatoms. The molecular weight excluding hydrogens is 336 g/mol. The summed E-state index contributed by atoms with van der Waals surface area (Å²) >= 11 is 0. The molecule has 25 heavy (non-hydrogen) atoms. The topological polar surface area (TPSA) is 67.2 Å².